The van der Waals surface area contributed by atoms with Gasteiger partial charge in [-0.25, -0.2) is 0 Å². The third-order valence-corrected chi connectivity index (χ3v) is 3.19. The Labute approximate surface area is 133 Å². The molecule has 2 aromatic carbocycles. The highest BCUT2D eigenvalue weighted by atomic mass is 35.5. The minimum absolute atomic E-state index is 0.116. The molecule has 0 radical (unpaired) electrons. The Hall–Kier alpha value is -2.00. The van der Waals surface area contributed by atoms with Crippen molar-refractivity contribution in [2.24, 2.45) is 0 Å². The van der Waals surface area contributed by atoms with Crippen LogP contribution in [0.5, 0.6) is 0 Å². The molecule has 0 saturated heterocycles. The Balaban J connectivity index is 0.000000224. The fourth-order valence-corrected chi connectivity index (χ4v) is 2.03. The van der Waals surface area contributed by atoms with Crippen molar-refractivity contribution in [2.45, 2.75) is 12.1 Å². The second-order valence-electron chi connectivity index (χ2n) is 4.33. The van der Waals surface area contributed by atoms with E-state index in [1.807, 2.05) is 30.3 Å². The lowest BCUT2D eigenvalue weighted by Gasteiger charge is -2.08. The molecule has 0 aliphatic heterocycles. The van der Waals surface area contributed by atoms with Crippen LogP contribution in [0, 0.1) is 0 Å². The third kappa shape index (κ3) is 5.08. The molecule has 2 aromatic rings. The lowest BCUT2D eigenvalue weighted by atomic mass is 10.1. The third-order valence-electron chi connectivity index (χ3n) is 2.91. The van der Waals surface area contributed by atoms with E-state index in [2.05, 4.69) is 13.2 Å². The van der Waals surface area contributed by atoms with Crippen LogP contribution in [-0.4, -0.2) is 0 Å². The largest absolute Gasteiger partial charge is 0.416 e. The Bertz CT molecular complexity index is 630. The predicted molar refractivity (Wildman–Crippen MR) is 87.6 cm³/mol. The van der Waals surface area contributed by atoms with Gasteiger partial charge in [0.25, 0.3) is 0 Å². The van der Waals surface area contributed by atoms with E-state index in [4.69, 9.17) is 11.6 Å². The average molecular weight is 325 g/mol. The Kier molecular flexibility index (Phi) is 6.93. The van der Waals surface area contributed by atoms with Crippen molar-refractivity contribution in [3.63, 3.8) is 0 Å². The lowest BCUT2D eigenvalue weighted by Crippen LogP contribution is -2.06. The summed E-state index contributed by atoms with van der Waals surface area (Å²) in [5.74, 6) is 0.558. The summed E-state index contributed by atoms with van der Waals surface area (Å²) in [6, 6.07) is 13.3. The van der Waals surface area contributed by atoms with Gasteiger partial charge in [-0.05, 0) is 22.8 Å². The zero-order chi connectivity index (χ0) is 16.6. The van der Waals surface area contributed by atoms with Crippen molar-refractivity contribution < 1.29 is 13.2 Å². The van der Waals surface area contributed by atoms with Crippen LogP contribution in [-0.2, 0) is 12.1 Å². The van der Waals surface area contributed by atoms with E-state index in [0.717, 1.165) is 17.2 Å². The van der Waals surface area contributed by atoms with Gasteiger partial charge in [-0.3, -0.25) is 0 Å². The molecule has 0 aromatic heterocycles. The summed E-state index contributed by atoms with van der Waals surface area (Å²) in [5.41, 5.74) is 1.74. The summed E-state index contributed by atoms with van der Waals surface area (Å²) in [7, 11) is 0. The molecule has 2 rings (SSSR count). The van der Waals surface area contributed by atoms with Crippen LogP contribution in [0.2, 0.25) is 0 Å². The van der Waals surface area contributed by atoms with Crippen LogP contribution in [0.1, 0.15) is 22.3 Å². The fraction of sp³-hybridized carbons (Fsp3) is 0.111. The summed E-state index contributed by atoms with van der Waals surface area (Å²) < 4.78 is 36.6. The minimum Gasteiger partial charge on any atom is -0.166 e. The summed E-state index contributed by atoms with van der Waals surface area (Å²) in [6.07, 6.45) is -1.27. The number of alkyl halides is 4. The van der Waals surface area contributed by atoms with Crippen LogP contribution in [0.25, 0.3) is 12.2 Å². The van der Waals surface area contributed by atoms with Gasteiger partial charge in [0.1, 0.15) is 0 Å². The van der Waals surface area contributed by atoms with Gasteiger partial charge < -0.3 is 0 Å². The van der Waals surface area contributed by atoms with Gasteiger partial charge in [0.2, 0.25) is 0 Å². The Morgan fingerprint density at radius 1 is 0.864 bits per heavy atom. The van der Waals surface area contributed by atoms with Crippen LogP contribution in [0.4, 0.5) is 13.2 Å². The average Bonchev–Trinajstić information content (AvgIpc) is 2.54. The molecule has 22 heavy (non-hydrogen) atoms. The van der Waals surface area contributed by atoms with Crippen molar-refractivity contribution in [1.29, 1.82) is 0 Å². The normalized spacial score (nSPS) is 10.4. The molecule has 0 amide bonds. The van der Waals surface area contributed by atoms with Crippen LogP contribution >= 0.6 is 11.6 Å². The number of hydrogen-bond donors (Lipinski definition) is 0. The van der Waals surface area contributed by atoms with Gasteiger partial charge in [0.05, 0.1) is 5.56 Å². The van der Waals surface area contributed by atoms with Gasteiger partial charge in [-0.2, -0.15) is 13.2 Å². The highest BCUT2D eigenvalue weighted by Crippen LogP contribution is 2.32. The molecule has 0 spiro atoms. The zero-order valence-electron chi connectivity index (χ0n) is 11.9. The maximum Gasteiger partial charge on any atom is 0.416 e. The van der Waals surface area contributed by atoms with Crippen LogP contribution < -0.4 is 0 Å². The van der Waals surface area contributed by atoms with E-state index >= 15 is 0 Å². The SMILES string of the molecule is C=Cc1ccccc1C(F)(F)F.C=Cc1ccccc1CCl. The summed E-state index contributed by atoms with van der Waals surface area (Å²) in [4.78, 5) is 0. The minimum atomic E-state index is -4.29. The van der Waals surface area contributed by atoms with E-state index < -0.39 is 11.7 Å². The van der Waals surface area contributed by atoms with Crippen molar-refractivity contribution >= 4 is 23.8 Å². The first-order chi connectivity index (χ1) is 10.4. The van der Waals surface area contributed by atoms with Gasteiger partial charge in [-0.1, -0.05) is 67.8 Å². The maximum absolute atomic E-state index is 12.2. The summed E-state index contributed by atoms with van der Waals surface area (Å²) in [6.45, 7) is 6.99. The molecule has 0 aliphatic rings. The summed E-state index contributed by atoms with van der Waals surface area (Å²) >= 11 is 5.66. The maximum atomic E-state index is 12.2. The van der Waals surface area contributed by atoms with E-state index in [1.165, 1.54) is 18.2 Å². The van der Waals surface area contributed by atoms with Crippen molar-refractivity contribution in [1.82, 2.24) is 0 Å². The lowest BCUT2D eigenvalue weighted by molar-refractivity contribution is -0.137. The second kappa shape index (κ2) is 8.44. The molecular formula is C18H16ClF3. The molecule has 0 atom stereocenters. The molecular weight excluding hydrogens is 309 g/mol. The quantitative estimate of drug-likeness (QED) is 0.572. The molecule has 0 fully saturated rings. The van der Waals surface area contributed by atoms with Crippen molar-refractivity contribution in [3.8, 4) is 0 Å². The highest BCUT2D eigenvalue weighted by Gasteiger charge is 2.31. The summed E-state index contributed by atoms with van der Waals surface area (Å²) in [5, 5.41) is 0. The first-order valence-corrected chi connectivity index (χ1v) is 7.02. The smallest absolute Gasteiger partial charge is 0.166 e. The molecule has 0 saturated carbocycles. The van der Waals surface area contributed by atoms with Gasteiger partial charge in [0.15, 0.2) is 0 Å². The fourth-order valence-electron chi connectivity index (χ4n) is 1.79. The van der Waals surface area contributed by atoms with Crippen molar-refractivity contribution in [3.05, 3.63) is 83.9 Å². The van der Waals surface area contributed by atoms with E-state index in [-0.39, 0.29) is 5.56 Å². The second-order valence-corrected chi connectivity index (χ2v) is 4.59. The Morgan fingerprint density at radius 2 is 1.36 bits per heavy atom. The molecule has 116 valence electrons. The number of halogens is 4. The van der Waals surface area contributed by atoms with Crippen LogP contribution in [0.15, 0.2) is 61.7 Å². The zero-order valence-corrected chi connectivity index (χ0v) is 12.7. The van der Waals surface area contributed by atoms with Gasteiger partial charge >= 0.3 is 6.18 Å². The van der Waals surface area contributed by atoms with E-state index in [9.17, 15) is 13.2 Å². The first kappa shape index (κ1) is 18.1. The number of hydrogen-bond acceptors (Lipinski definition) is 0. The predicted octanol–water partition coefficient (Wildman–Crippen LogP) is 6.42. The van der Waals surface area contributed by atoms with Gasteiger partial charge in [0, 0.05) is 5.88 Å². The molecule has 0 N–H and O–H groups in total. The van der Waals surface area contributed by atoms with E-state index in [0.29, 0.717) is 5.88 Å². The monoisotopic (exact) mass is 324 g/mol. The Morgan fingerprint density at radius 3 is 1.77 bits per heavy atom. The van der Waals surface area contributed by atoms with E-state index in [1.54, 1.807) is 6.07 Å². The topological polar surface area (TPSA) is 0 Å². The highest BCUT2D eigenvalue weighted by molar-refractivity contribution is 6.17. The molecule has 0 nitrogen and oxygen atoms in total. The number of benzene rings is 2. The first-order valence-electron chi connectivity index (χ1n) is 6.49. The molecule has 0 aliphatic carbocycles. The van der Waals surface area contributed by atoms with Gasteiger partial charge in [-0.15, -0.1) is 11.6 Å². The molecule has 0 unspecified atom stereocenters. The molecule has 0 bridgehead atoms. The molecule has 0 heterocycles. The number of rotatable bonds is 3. The van der Waals surface area contributed by atoms with Crippen molar-refractivity contribution in [2.75, 3.05) is 0 Å². The van der Waals surface area contributed by atoms with Crippen LogP contribution in [0.3, 0.4) is 0 Å². The standard InChI is InChI=1S/C9H9Cl.C9H7F3/c1-2-8-5-3-4-6-9(8)7-10;1-2-7-5-3-4-6-8(7)9(10,11)12/h2-6H,1,7H2;2-6H,1H2. The molecule has 4 heteroatoms.